The van der Waals surface area contributed by atoms with Crippen molar-refractivity contribution in [2.24, 2.45) is 0 Å². The molecule has 0 aliphatic carbocycles. The Morgan fingerprint density at radius 1 is 0.600 bits per heavy atom. The van der Waals surface area contributed by atoms with Crippen molar-refractivity contribution >= 4 is 60.9 Å². The van der Waals surface area contributed by atoms with Gasteiger partial charge in [0.25, 0.3) is 0 Å². The summed E-state index contributed by atoms with van der Waals surface area (Å²) in [5.41, 5.74) is 8.44. The summed E-state index contributed by atoms with van der Waals surface area (Å²) in [6, 6.07) is 37.9. The molecule has 9 rings (SSSR count). The van der Waals surface area contributed by atoms with Crippen molar-refractivity contribution < 1.29 is 4.42 Å². The van der Waals surface area contributed by atoms with Gasteiger partial charge in [0.05, 0.1) is 11.4 Å². The van der Waals surface area contributed by atoms with Gasteiger partial charge in [0, 0.05) is 39.7 Å². The van der Waals surface area contributed by atoms with Gasteiger partial charge in [-0.1, -0.05) is 78.9 Å². The minimum atomic E-state index is 0.602. The highest BCUT2D eigenvalue weighted by Gasteiger charge is 2.30. The molecule has 1 aliphatic heterocycles. The molecular weight excluding hydrogens is 492 g/mol. The molecule has 0 amide bonds. The first-order valence-corrected chi connectivity index (χ1v) is 13.3. The summed E-state index contributed by atoms with van der Waals surface area (Å²) >= 11 is 0. The van der Waals surface area contributed by atoms with Crippen molar-refractivity contribution in [3.05, 3.63) is 122 Å². The van der Waals surface area contributed by atoms with Crippen LogP contribution in [0.5, 0.6) is 0 Å². The van der Waals surface area contributed by atoms with Crippen molar-refractivity contribution in [2.75, 3.05) is 4.90 Å². The zero-order valence-corrected chi connectivity index (χ0v) is 21.2. The summed E-state index contributed by atoms with van der Waals surface area (Å²) in [6.07, 6.45) is 3.57. The van der Waals surface area contributed by atoms with Crippen LogP contribution in [0.3, 0.4) is 0 Å². The lowest BCUT2D eigenvalue weighted by atomic mass is 9.89. The van der Waals surface area contributed by atoms with Gasteiger partial charge in [-0.3, -0.25) is 9.88 Å². The lowest BCUT2D eigenvalue weighted by Crippen LogP contribution is -2.18. The number of anilines is 3. The second-order valence-corrected chi connectivity index (χ2v) is 10.1. The lowest BCUT2D eigenvalue weighted by Gasteiger charge is -2.33. The van der Waals surface area contributed by atoms with Crippen LogP contribution in [0.1, 0.15) is 0 Å². The van der Waals surface area contributed by atoms with Crippen LogP contribution in [-0.2, 0) is 0 Å². The molecule has 4 heterocycles. The van der Waals surface area contributed by atoms with E-state index >= 15 is 0 Å². The largest absolute Gasteiger partial charge is 0.452 e. The highest BCUT2D eigenvalue weighted by atomic mass is 16.3. The van der Waals surface area contributed by atoms with Crippen molar-refractivity contribution in [1.29, 1.82) is 0 Å². The number of rotatable bonds is 2. The van der Waals surface area contributed by atoms with Crippen LogP contribution in [0.25, 0.3) is 66.0 Å². The van der Waals surface area contributed by atoms with E-state index in [1.165, 1.54) is 21.7 Å². The van der Waals surface area contributed by atoms with E-state index in [1.807, 2.05) is 30.3 Å². The van der Waals surface area contributed by atoms with E-state index in [4.69, 9.17) is 14.4 Å². The number of hydrogen-bond donors (Lipinski definition) is 0. The minimum Gasteiger partial charge on any atom is -0.452 e. The fourth-order valence-corrected chi connectivity index (χ4v) is 6.16. The zero-order chi connectivity index (χ0) is 26.2. The number of benzene rings is 5. The van der Waals surface area contributed by atoms with Crippen LogP contribution < -0.4 is 4.90 Å². The summed E-state index contributed by atoms with van der Waals surface area (Å²) in [5.74, 6) is 0.602. The van der Waals surface area contributed by atoms with Crippen molar-refractivity contribution in [3.63, 3.8) is 0 Å². The van der Waals surface area contributed by atoms with Crippen LogP contribution >= 0.6 is 0 Å². The molecule has 0 saturated heterocycles. The Balaban J connectivity index is 1.46. The van der Waals surface area contributed by atoms with E-state index in [1.54, 1.807) is 12.4 Å². The topological polar surface area (TPSA) is 55.1 Å². The number of furan rings is 1. The van der Waals surface area contributed by atoms with Gasteiger partial charge in [-0.15, -0.1) is 0 Å². The molecule has 0 radical (unpaired) electrons. The Bertz CT molecular complexity index is 2280. The summed E-state index contributed by atoms with van der Waals surface area (Å²) in [5, 5.41) is 5.66. The highest BCUT2D eigenvalue weighted by Crippen LogP contribution is 2.53. The van der Waals surface area contributed by atoms with Crippen molar-refractivity contribution in [1.82, 2.24) is 15.0 Å². The zero-order valence-electron chi connectivity index (χ0n) is 21.2. The monoisotopic (exact) mass is 512 g/mol. The summed E-state index contributed by atoms with van der Waals surface area (Å²) in [4.78, 5) is 17.0. The Labute approximate surface area is 229 Å². The molecule has 5 heteroatoms. The second-order valence-electron chi connectivity index (χ2n) is 10.1. The highest BCUT2D eigenvalue weighted by molar-refractivity contribution is 6.18. The van der Waals surface area contributed by atoms with Gasteiger partial charge >= 0.3 is 0 Å². The summed E-state index contributed by atoms with van der Waals surface area (Å²) in [6.45, 7) is 0. The SMILES string of the molecule is c1ccc2c3c(ccc2c1)-c1cccc2cccc(c12)N3c1nc(-c2ccncc2)c2oc3ccccc3c2n1. The number of aromatic nitrogens is 3. The molecule has 0 atom stereocenters. The third kappa shape index (κ3) is 2.89. The smallest absolute Gasteiger partial charge is 0.236 e. The van der Waals surface area contributed by atoms with Gasteiger partial charge < -0.3 is 4.42 Å². The first-order valence-electron chi connectivity index (χ1n) is 13.3. The van der Waals surface area contributed by atoms with Crippen LogP contribution in [0.15, 0.2) is 126 Å². The number of hydrogen-bond acceptors (Lipinski definition) is 5. The number of nitrogens with zero attached hydrogens (tertiary/aromatic N) is 4. The predicted molar refractivity (Wildman–Crippen MR) is 161 cm³/mol. The Hall–Kier alpha value is -5.55. The van der Waals surface area contributed by atoms with Crippen LogP contribution in [0.4, 0.5) is 17.3 Å². The Morgan fingerprint density at radius 3 is 2.27 bits per heavy atom. The van der Waals surface area contributed by atoms with E-state index in [9.17, 15) is 0 Å². The molecule has 8 aromatic rings. The normalized spacial score (nSPS) is 12.4. The van der Waals surface area contributed by atoms with Gasteiger partial charge in [-0.25, -0.2) is 9.97 Å². The maximum atomic E-state index is 6.37. The van der Waals surface area contributed by atoms with Gasteiger partial charge in [0.1, 0.15) is 16.8 Å². The molecule has 0 unspecified atom stereocenters. The molecular formula is C35H20N4O. The maximum absolute atomic E-state index is 6.37. The number of para-hydroxylation sites is 1. The minimum absolute atomic E-state index is 0.602. The molecule has 5 nitrogen and oxygen atoms in total. The van der Waals surface area contributed by atoms with Crippen LogP contribution in [-0.4, -0.2) is 15.0 Å². The first-order chi connectivity index (χ1) is 19.8. The maximum Gasteiger partial charge on any atom is 0.236 e. The van der Waals surface area contributed by atoms with Gasteiger partial charge in [-0.2, -0.15) is 0 Å². The molecule has 1 aliphatic rings. The third-order valence-electron chi connectivity index (χ3n) is 7.90. The van der Waals surface area contributed by atoms with Crippen molar-refractivity contribution in [3.8, 4) is 22.4 Å². The average Bonchev–Trinajstić information content (AvgIpc) is 3.40. The van der Waals surface area contributed by atoms with Gasteiger partial charge in [-0.05, 0) is 46.7 Å². The molecule has 0 bridgehead atoms. The quantitative estimate of drug-likeness (QED) is 0.231. The van der Waals surface area contributed by atoms with E-state index < -0.39 is 0 Å². The molecule has 0 saturated carbocycles. The fraction of sp³-hybridized carbons (Fsp3) is 0. The van der Waals surface area contributed by atoms with E-state index in [2.05, 4.69) is 88.7 Å². The average molecular weight is 513 g/mol. The second kappa shape index (κ2) is 7.98. The molecule has 0 fully saturated rings. The fourth-order valence-electron chi connectivity index (χ4n) is 6.16. The van der Waals surface area contributed by atoms with Crippen molar-refractivity contribution in [2.45, 2.75) is 0 Å². The van der Waals surface area contributed by atoms with E-state index in [0.29, 0.717) is 11.5 Å². The summed E-state index contributed by atoms with van der Waals surface area (Å²) in [7, 11) is 0. The number of pyridine rings is 1. The number of fused-ring (bicyclic) bond motifs is 7. The molecule has 0 N–H and O–H groups in total. The predicted octanol–water partition coefficient (Wildman–Crippen LogP) is 9.19. The molecule has 0 spiro atoms. The van der Waals surface area contributed by atoms with E-state index in [0.717, 1.165) is 50.1 Å². The third-order valence-corrected chi connectivity index (χ3v) is 7.90. The van der Waals surface area contributed by atoms with Crippen LogP contribution in [0, 0.1) is 0 Å². The summed E-state index contributed by atoms with van der Waals surface area (Å²) < 4.78 is 6.37. The Morgan fingerprint density at radius 2 is 1.38 bits per heavy atom. The molecule has 40 heavy (non-hydrogen) atoms. The Kier molecular flexibility index (Phi) is 4.27. The molecule has 5 aromatic carbocycles. The van der Waals surface area contributed by atoms with Gasteiger partial charge in [0.15, 0.2) is 5.58 Å². The molecule has 3 aromatic heterocycles. The van der Waals surface area contributed by atoms with Crippen LogP contribution in [0.2, 0.25) is 0 Å². The van der Waals surface area contributed by atoms with Gasteiger partial charge in [0.2, 0.25) is 5.95 Å². The first kappa shape index (κ1) is 21.4. The standard InChI is InChI=1S/C35H20N4O/c1-2-10-24-21(7-1)15-16-26-25-12-5-8-22-9-6-13-28(30(22)25)39(33(24)26)35-37-31(23-17-19-36-20-18-23)34-32(38-35)27-11-3-4-14-29(27)40-34/h1-20H. The molecule has 186 valence electrons. The van der Waals surface area contributed by atoms with E-state index in [-0.39, 0.29) is 0 Å². The lowest BCUT2D eigenvalue weighted by molar-refractivity contribution is 0.667.